The summed E-state index contributed by atoms with van der Waals surface area (Å²) in [6.07, 6.45) is 2.65. The third-order valence-corrected chi connectivity index (χ3v) is 5.73. The first-order valence-electron chi connectivity index (χ1n) is 9.57. The fraction of sp³-hybridized carbons (Fsp3) is 0.261. The van der Waals surface area contributed by atoms with E-state index in [0.29, 0.717) is 34.0 Å². The first-order chi connectivity index (χ1) is 14.0. The van der Waals surface area contributed by atoms with Gasteiger partial charge in [-0.15, -0.1) is 11.8 Å². The predicted octanol–water partition coefficient (Wildman–Crippen LogP) is 4.11. The molecule has 1 aliphatic rings. The molecule has 2 aromatic rings. The maximum absolute atomic E-state index is 12.8. The molecule has 0 aliphatic carbocycles. The largest absolute Gasteiger partial charge is 0.324 e. The van der Waals surface area contributed by atoms with Gasteiger partial charge in [0.2, 0.25) is 5.91 Å². The van der Waals surface area contributed by atoms with E-state index in [1.807, 2.05) is 31.2 Å². The van der Waals surface area contributed by atoms with Gasteiger partial charge in [0.25, 0.3) is 5.91 Å². The van der Waals surface area contributed by atoms with Gasteiger partial charge in [0.1, 0.15) is 6.04 Å². The summed E-state index contributed by atoms with van der Waals surface area (Å²) < 4.78 is 0. The Morgan fingerprint density at radius 3 is 2.55 bits per heavy atom. The number of hydrogen-bond donors (Lipinski definition) is 1. The number of carbonyl (C=O) groups excluding carboxylic acids is 3. The molecule has 0 bridgehead atoms. The zero-order valence-corrected chi connectivity index (χ0v) is 17.4. The summed E-state index contributed by atoms with van der Waals surface area (Å²) in [5, 5.41) is 2.87. The number of nitrogens with zero attached hydrogens (tertiary/aromatic N) is 1. The zero-order valence-electron chi connectivity index (χ0n) is 16.6. The molecular formula is C23H24N2O3S. The summed E-state index contributed by atoms with van der Waals surface area (Å²) in [6.45, 7) is 3.76. The number of benzene rings is 2. The molecule has 2 aromatic carbocycles. The number of amides is 2. The van der Waals surface area contributed by atoms with Gasteiger partial charge in [-0.2, -0.15) is 0 Å². The average molecular weight is 409 g/mol. The molecule has 0 radical (unpaired) electrons. The van der Waals surface area contributed by atoms with Gasteiger partial charge in [-0.1, -0.05) is 55.5 Å². The highest BCUT2D eigenvalue weighted by molar-refractivity contribution is 7.99. The van der Waals surface area contributed by atoms with Gasteiger partial charge in [0, 0.05) is 28.1 Å². The van der Waals surface area contributed by atoms with E-state index < -0.39 is 6.04 Å². The lowest BCUT2D eigenvalue weighted by Crippen LogP contribution is -2.44. The van der Waals surface area contributed by atoms with Crippen LogP contribution >= 0.6 is 11.8 Å². The van der Waals surface area contributed by atoms with Crippen LogP contribution in [0.5, 0.6) is 0 Å². The Bertz CT molecular complexity index is 940. The normalized spacial score (nSPS) is 16.6. The molecule has 0 aromatic heterocycles. The van der Waals surface area contributed by atoms with Crippen molar-refractivity contribution in [2.45, 2.75) is 26.3 Å². The first kappa shape index (κ1) is 20.9. The Morgan fingerprint density at radius 2 is 1.83 bits per heavy atom. The van der Waals surface area contributed by atoms with Crippen molar-refractivity contribution in [3.8, 4) is 0 Å². The maximum Gasteiger partial charge on any atom is 0.250 e. The van der Waals surface area contributed by atoms with Crippen LogP contribution in [-0.2, 0) is 9.59 Å². The summed E-state index contributed by atoms with van der Waals surface area (Å²) >= 11 is 1.56. The van der Waals surface area contributed by atoms with Crippen LogP contribution in [0.4, 0.5) is 5.69 Å². The van der Waals surface area contributed by atoms with E-state index in [2.05, 4.69) is 5.32 Å². The van der Waals surface area contributed by atoms with Crippen molar-refractivity contribution < 1.29 is 14.4 Å². The van der Waals surface area contributed by atoms with Crippen LogP contribution in [0.15, 0.2) is 66.2 Å². The monoisotopic (exact) mass is 408 g/mol. The molecule has 29 heavy (non-hydrogen) atoms. The summed E-state index contributed by atoms with van der Waals surface area (Å²) in [5.74, 6) is 0.607. The predicted molar refractivity (Wildman–Crippen MR) is 117 cm³/mol. The highest BCUT2D eigenvalue weighted by Gasteiger charge is 2.35. The van der Waals surface area contributed by atoms with E-state index in [-0.39, 0.29) is 17.6 Å². The summed E-state index contributed by atoms with van der Waals surface area (Å²) in [5.41, 5.74) is 2.30. The SMILES string of the molecule is CC/C=C(/C)C(=O)N1CSCC1C(=O)Nc1cccc(C(=O)c2ccccc2)c1. The lowest BCUT2D eigenvalue weighted by atomic mass is 10.0. The Labute approximate surface area is 175 Å². The van der Waals surface area contributed by atoms with E-state index in [1.54, 1.807) is 60.0 Å². The molecule has 5 nitrogen and oxygen atoms in total. The second-order valence-electron chi connectivity index (χ2n) is 6.85. The molecule has 1 N–H and O–H groups in total. The quantitative estimate of drug-likeness (QED) is 0.577. The standard InChI is InChI=1S/C23H24N2O3S/c1-3-8-16(2)23(28)25-15-29-14-20(25)22(27)24-19-12-7-11-18(13-19)21(26)17-9-5-4-6-10-17/h4-13,20H,3,14-15H2,1-2H3,(H,24,27)/b16-8-. The minimum atomic E-state index is -0.527. The van der Waals surface area contributed by atoms with Gasteiger partial charge >= 0.3 is 0 Å². The molecule has 6 heteroatoms. The smallest absolute Gasteiger partial charge is 0.250 e. The zero-order chi connectivity index (χ0) is 20.8. The molecule has 1 fully saturated rings. The third-order valence-electron chi connectivity index (χ3n) is 4.72. The van der Waals surface area contributed by atoms with Crippen molar-refractivity contribution in [1.29, 1.82) is 0 Å². The van der Waals surface area contributed by atoms with Crippen LogP contribution < -0.4 is 5.32 Å². The topological polar surface area (TPSA) is 66.5 Å². The first-order valence-corrected chi connectivity index (χ1v) is 10.7. The summed E-state index contributed by atoms with van der Waals surface area (Å²) in [4.78, 5) is 39.7. The third kappa shape index (κ3) is 4.95. The summed E-state index contributed by atoms with van der Waals surface area (Å²) in [7, 11) is 0. The van der Waals surface area contributed by atoms with Crippen molar-refractivity contribution in [2.24, 2.45) is 0 Å². The molecule has 1 atom stereocenters. The number of ketones is 1. The second kappa shape index (κ2) is 9.56. The number of hydrogen-bond acceptors (Lipinski definition) is 4. The molecule has 0 saturated carbocycles. The highest BCUT2D eigenvalue weighted by Crippen LogP contribution is 2.24. The van der Waals surface area contributed by atoms with E-state index in [0.717, 1.165) is 6.42 Å². The molecule has 1 aliphatic heterocycles. The Balaban J connectivity index is 1.73. The van der Waals surface area contributed by atoms with Crippen molar-refractivity contribution in [3.05, 3.63) is 77.4 Å². The van der Waals surface area contributed by atoms with Crippen LogP contribution in [0, 0.1) is 0 Å². The second-order valence-corrected chi connectivity index (χ2v) is 7.85. The number of nitrogens with one attached hydrogen (secondary N) is 1. The number of thioether (sulfide) groups is 1. The maximum atomic E-state index is 12.8. The number of rotatable bonds is 6. The Hall–Kier alpha value is -2.86. The number of allylic oxidation sites excluding steroid dienone is 1. The van der Waals surface area contributed by atoms with Crippen LogP contribution in [0.3, 0.4) is 0 Å². The molecule has 0 spiro atoms. The molecule has 1 unspecified atom stereocenters. The van der Waals surface area contributed by atoms with E-state index in [4.69, 9.17) is 0 Å². The van der Waals surface area contributed by atoms with Crippen molar-refractivity contribution >= 4 is 35.0 Å². The van der Waals surface area contributed by atoms with Crippen LogP contribution in [-0.4, -0.2) is 40.2 Å². The van der Waals surface area contributed by atoms with E-state index >= 15 is 0 Å². The van der Waals surface area contributed by atoms with Gasteiger partial charge in [0.05, 0.1) is 5.88 Å². The Morgan fingerprint density at radius 1 is 1.10 bits per heavy atom. The molecule has 150 valence electrons. The minimum Gasteiger partial charge on any atom is -0.324 e. The molecule has 2 amide bonds. The molecule has 1 saturated heterocycles. The molecule has 3 rings (SSSR count). The Kier molecular flexibility index (Phi) is 6.88. The van der Waals surface area contributed by atoms with Gasteiger partial charge < -0.3 is 10.2 Å². The highest BCUT2D eigenvalue weighted by atomic mass is 32.2. The van der Waals surface area contributed by atoms with Crippen LogP contribution in [0.1, 0.15) is 36.2 Å². The summed E-state index contributed by atoms with van der Waals surface area (Å²) in [6, 6.07) is 15.4. The van der Waals surface area contributed by atoms with Gasteiger partial charge in [0.15, 0.2) is 5.78 Å². The fourth-order valence-corrected chi connectivity index (χ4v) is 4.35. The molecular weight excluding hydrogens is 384 g/mol. The van der Waals surface area contributed by atoms with Gasteiger partial charge in [-0.25, -0.2) is 0 Å². The van der Waals surface area contributed by atoms with Gasteiger partial charge in [-0.3, -0.25) is 14.4 Å². The van der Waals surface area contributed by atoms with Gasteiger partial charge in [-0.05, 0) is 25.5 Å². The van der Waals surface area contributed by atoms with Crippen molar-refractivity contribution in [3.63, 3.8) is 0 Å². The fourth-order valence-electron chi connectivity index (χ4n) is 3.20. The van der Waals surface area contributed by atoms with E-state index in [1.165, 1.54) is 0 Å². The number of anilines is 1. The van der Waals surface area contributed by atoms with Crippen molar-refractivity contribution in [1.82, 2.24) is 4.90 Å². The number of carbonyl (C=O) groups is 3. The lowest BCUT2D eigenvalue weighted by molar-refractivity contribution is -0.133. The lowest BCUT2D eigenvalue weighted by Gasteiger charge is -2.23. The van der Waals surface area contributed by atoms with E-state index in [9.17, 15) is 14.4 Å². The van der Waals surface area contributed by atoms with Crippen LogP contribution in [0.2, 0.25) is 0 Å². The minimum absolute atomic E-state index is 0.102. The average Bonchev–Trinajstić information content (AvgIpc) is 3.23. The molecule has 1 heterocycles. The van der Waals surface area contributed by atoms with Crippen molar-refractivity contribution in [2.75, 3.05) is 16.9 Å². The van der Waals surface area contributed by atoms with Crippen LogP contribution in [0.25, 0.3) is 0 Å².